The van der Waals surface area contributed by atoms with Gasteiger partial charge in [-0.1, -0.05) is 17.8 Å². The number of carboxylic acids is 1. The number of aromatic amines is 1. The van der Waals surface area contributed by atoms with Gasteiger partial charge in [0.2, 0.25) is 0 Å². The number of halogens is 1. The molecule has 1 aromatic carbocycles. The molecular formula is C12H7BrN4O2S. The van der Waals surface area contributed by atoms with Gasteiger partial charge in [0.05, 0.1) is 11.9 Å². The Morgan fingerprint density at radius 3 is 2.95 bits per heavy atom. The average Bonchev–Trinajstić information content (AvgIpc) is 2.87. The van der Waals surface area contributed by atoms with E-state index in [1.807, 2.05) is 0 Å². The molecule has 0 radical (unpaired) electrons. The maximum absolute atomic E-state index is 11.4. The number of rotatable bonds is 3. The van der Waals surface area contributed by atoms with Crippen LogP contribution in [0.5, 0.6) is 0 Å². The van der Waals surface area contributed by atoms with Crippen molar-refractivity contribution in [2.75, 3.05) is 0 Å². The van der Waals surface area contributed by atoms with Crippen molar-refractivity contribution in [1.29, 1.82) is 0 Å². The summed E-state index contributed by atoms with van der Waals surface area (Å²) in [6, 6.07) is 5.21. The van der Waals surface area contributed by atoms with Crippen LogP contribution in [0, 0.1) is 0 Å². The van der Waals surface area contributed by atoms with Crippen molar-refractivity contribution in [1.82, 2.24) is 19.9 Å². The Kier molecular flexibility index (Phi) is 3.41. The Labute approximate surface area is 125 Å². The molecule has 0 unspecified atom stereocenters. The van der Waals surface area contributed by atoms with Crippen LogP contribution in [0.1, 0.15) is 10.4 Å². The first-order chi connectivity index (χ1) is 9.66. The summed E-state index contributed by atoms with van der Waals surface area (Å²) in [6.45, 7) is 0. The lowest BCUT2D eigenvalue weighted by Gasteiger charge is -2.07. The molecule has 0 bridgehead atoms. The lowest BCUT2D eigenvalue weighted by Crippen LogP contribution is -2.00. The Morgan fingerprint density at radius 2 is 2.15 bits per heavy atom. The smallest absolute Gasteiger partial charge is 0.338 e. The van der Waals surface area contributed by atoms with E-state index in [4.69, 9.17) is 0 Å². The number of aromatic nitrogens is 4. The summed E-state index contributed by atoms with van der Waals surface area (Å²) in [6.07, 6.45) is 2.94. The van der Waals surface area contributed by atoms with Gasteiger partial charge in [-0.2, -0.15) is 0 Å². The molecule has 0 saturated heterocycles. The van der Waals surface area contributed by atoms with Crippen molar-refractivity contribution in [3.05, 3.63) is 40.9 Å². The third-order valence-corrected chi connectivity index (χ3v) is 4.31. The maximum Gasteiger partial charge on any atom is 0.338 e. The number of aromatic carboxylic acids is 1. The van der Waals surface area contributed by atoms with Gasteiger partial charge >= 0.3 is 5.97 Å². The molecule has 0 aliphatic carbocycles. The van der Waals surface area contributed by atoms with Gasteiger partial charge in [-0.15, -0.1) is 0 Å². The van der Waals surface area contributed by atoms with Crippen molar-refractivity contribution >= 4 is 44.8 Å². The predicted octanol–water partition coefficient (Wildman–Crippen LogP) is 2.96. The molecule has 0 fully saturated rings. The number of nitrogens with zero attached hydrogens (tertiary/aromatic N) is 3. The fourth-order valence-electron chi connectivity index (χ4n) is 1.72. The highest BCUT2D eigenvalue weighted by atomic mass is 79.9. The quantitative estimate of drug-likeness (QED) is 0.705. The third-order valence-electron chi connectivity index (χ3n) is 2.58. The van der Waals surface area contributed by atoms with Gasteiger partial charge in [0.15, 0.2) is 5.65 Å². The molecule has 100 valence electrons. The van der Waals surface area contributed by atoms with Crippen LogP contribution in [0.25, 0.3) is 11.2 Å². The molecular weight excluding hydrogens is 344 g/mol. The van der Waals surface area contributed by atoms with Gasteiger partial charge in [0, 0.05) is 9.37 Å². The Hall–Kier alpha value is -1.93. The van der Waals surface area contributed by atoms with E-state index in [9.17, 15) is 9.90 Å². The fraction of sp³-hybridized carbons (Fsp3) is 0. The van der Waals surface area contributed by atoms with E-state index in [-0.39, 0.29) is 5.56 Å². The molecule has 6 nitrogen and oxygen atoms in total. The number of fused-ring (bicyclic) bond motifs is 1. The van der Waals surface area contributed by atoms with Crippen LogP contribution in [0.2, 0.25) is 0 Å². The topological polar surface area (TPSA) is 91.8 Å². The average molecular weight is 351 g/mol. The number of nitrogens with one attached hydrogen (secondary N) is 1. The molecule has 8 heteroatoms. The number of carbonyl (C=O) groups is 1. The van der Waals surface area contributed by atoms with E-state index in [0.717, 1.165) is 0 Å². The third kappa shape index (κ3) is 2.27. The Bertz CT molecular complexity index is 805. The predicted molar refractivity (Wildman–Crippen MR) is 76.9 cm³/mol. The number of hydrogen-bond acceptors (Lipinski definition) is 5. The first kappa shape index (κ1) is 13.1. The van der Waals surface area contributed by atoms with Gasteiger partial charge in [-0.05, 0) is 28.1 Å². The molecule has 0 saturated carbocycles. The number of imidazole rings is 1. The second kappa shape index (κ2) is 5.22. The number of carboxylic acid groups (broad SMARTS) is 1. The summed E-state index contributed by atoms with van der Waals surface area (Å²) < 4.78 is 0.532. The minimum atomic E-state index is -0.991. The second-order valence-electron chi connectivity index (χ2n) is 3.80. The largest absolute Gasteiger partial charge is 0.478 e. The zero-order valence-corrected chi connectivity index (χ0v) is 12.3. The van der Waals surface area contributed by atoms with Gasteiger partial charge in [-0.3, -0.25) is 0 Å². The Morgan fingerprint density at radius 1 is 1.30 bits per heavy atom. The van der Waals surface area contributed by atoms with Crippen LogP contribution in [-0.4, -0.2) is 31.0 Å². The monoisotopic (exact) mass is 350 g/mol. The van der Waals surface area contributed by atoms with Crippen LogP contribution >= 0.6 is 27.7 Å². The van der Waals surface area contributed by atoms with Crippen molar-refractivity contribution in [2.45, 2.75) is 9.92 Å². The van der Waals surface area contributed by atoms with Crippen LogP contribution < -0.4 is 0 Å². The lowest BCUT2D eigenvalue weighted by molar-refractivity contribution is 0.0692. The van der Waals surface area contributed by atoms with E-state index < -0.39 is 5.97 Å². The SMILES string of the molecule is O=C(O)c1c(Br)cccc1Sc1ncnc2nc[nH]c12. The highest BCUT2D eigenvalue weighted by Crippen LogP contribution is 2.34. The van der Waals surface area contributed by atoms with Crippen LogP contribution in [0.4, 0.5) is 0 Å². The van der Waals surface area contributed by atoms with Gasteiger partial charge in [-0.25, -0.2) is 19.7 Å². The first-order valence-electron chi connectivity index (χ1n) is 5.50. The standard InChI is InChI=1S/C12H7BrN4O2S/c13-6-2-1-3-7(8(6)12(18)19)20-11-9-10(15-4-14-9)16-5-17-11/h1-5H,(H,18,19)(H,14,15,16,17). The molecule has 0 amide bonds. The minimum absolute atomic E-state index is 0.212. The van der Waals surface area contributed by atoms with Crippen molar-refractivity contribution in [3.8, 4) is 0 Å². The summed E-state index contributed by atoms with van der Waals surface area (Å²) in [7, 11) is 0. The van der Waals surface area contributed by atoms with Crippen molar-refractivity contribution < 1.29 is 9.90 Å². The van der Waals surface area contributed by atoms with E-state index >= 15 is 0 Å². The summed E-state index contributed by atoms with van der Waals surface area (Å²) in [4.78, 5) is 27.2. The molecule has 0 aliphatic heterocycles. The molecule has 0 atom stereocenters. The van der Waals surface area contributed by atoms with E-state index in [1.165, 1.54) is 24.4 Å². The molecule has 2 heterocycles. The molecule has 2 N–H and O–H groups in total. The summed E-state index contributed by atoms with van der Waals surface area (Å²) in [5, 5.41) is 9.93. The van der Waals surface area contributed by atoms with E-state index in [2.05, 4.69) is 35.9 Å². The van der Waals surface area contributed by atoms with E-state index in [0.29, 0.717) is 25.6 Å². The number of hydrogen-bond donors (Lipinski definition) is 2. The normalized spacial score (nSPS) is 10.8. The van der Waals surface area contributed by atoms with Crippen LogP contribution in [0.15, 0.2) is 45.2 Å². The molecule has 0 spiro atoms. The molecule has 0 aliphatic rings. The zero-order valence-electron chi connectivity index (χ0n) is 9.87. The highest BCUT2D eigenvalue weighted by Gasteiger charge is 2.17. The number of H-pyrrole nitrogens is 1. The van der Waals surface area contributed by atoms with Crippen LogP contribution in [-0.2, 0) is 0 Å². The summed E-state index contributed by atoms with van der Waals surface area (Å²) in [5.41, 5.74) is 1.45. The molecule has 2 aromatic heterocycles. The molecule has 3 rings (SSSR count). The zero-order chi connectivity index (χ0) is 14.1. The minimum Gasteiger partial charge on any atom is -0.478 e. The maximum atomic E-state index is 11.4. The van der Waals surface area contributed by atoms with E-state index in [1.54, 1.807) is 18.2 Å². The van der Waals surface area contributed by atoms with Crippen LogP contribution in [0.3, 0.4) is 0 Å². The van der Waals surface area contributed by atoms with Gasteiger partial charge in [0.25, 0.3) is 0 Å². The highest BCUT2D eigenvalue weighted by molar-refractivity contribution is 9.10. The second-order valence-corrected chi connectivity index (χ2v) is 5.69. The van der Waals surface area contributed by atoms with Crippen molar-refractivity contribution in [2.24, 2.45) is 0 Å². The Balaban J connectivity index is 2.10. The fourth-order valence-corrected chi connectivity index (χ4v) is 3.39. The van der Waals surface area contributed by atoms with Gasteiger partial charge < -0.3 is 10.1 Å². The van der Waals surface area contributed by atoms with Crippen molar-refractivity contribution in [3.63, 3.8) is 0 Å². The summed E-state index contributed by atoms with van der Waals surface area (Å²) >= 11 is 4.51. The lowest BCUT2D eigenvalue weighted by atomic mass is 10.2. The molecule has 20 heavy (non-hydrogen) atoms. The summed E-state index contributed by atoms with van der Waals surface area (Å²) in [5.74, 6) is -0.991. The first-order valence-corrected chi connectivity index (χ1v) is 7.11. The number of benzene rings is 1. The molecule has 3 aromatic rings. The van der Waals surface area contributed by atoms with Gasteiger partial charge in [0.1, 0.15) is 16.9 Å².